The molecule has 3 nitrogen and oxygen atoms in total. The summed E-state index contributed by atoms with van der Waals surface area (Å²) in [5, 5.41) is 6.25. The molecule has 16 heavy (non-hydrogen) atoms. The number of rotatable bonds is 3. The van der Waals surface area contributed by atoms with Crippen LogP contribution < -0.4 is 5.32 Å². The lowest BCUT2D eigenvalue weighted by Crippen LogP contribution is -2.11. The van der Waals surface area contributed by atoms with Crippen LogP contribution in [0.15, 0.2) is 40.7 Å². The van der Waals surface area contributed by atoms with Gasteiger partial charge in [-0.05, 0) is 18.4 Å². The molecule has 0 aliphatic rings. The van der Waals surface area contributed by atoms with Crippen LogP contribution >= 0.6 is 23.1 Å². The fourth-order valence-electron chi connectivity index (χ4n) is 1.17. The van der Waals surface area contributed by atoms with Gasteiger partial charge < -0.3 is 0 Å². The molecule has 0 bridgehead atoms. The maximum atomic E-state index is 11.8. The van der Waals surface area contributed by atoms with E-state index in [-0.39, 0.29) is 5.91 Å². The molecule has 1 amide bonds. The summed E-state index contributed by atoms with van der Waals surface area (Å²) < 4.78 is 0. The Morgan fingerprint density at radius 1 is 1.38 bits per heavy atom. The van der Waals surface area contributed by atoms with Crippen molar-refractivity contribution in [3.8, 4) is 0 Å². The molecule has 0 saturated carbocycles. The fraction of sp³-hybridized carbons (Fsp3) is 0.0909. The number of carbonyl (C=O) groups excluding carboxylic acids is 1. The van der Waals surface area contributed by atoms with Crippen LogP contribution in [0.5, 0.6) is 0 Å². The molecule has 0 radical (unpaired) electrons. The van der Waals surface area contributed by atoms with Gasteiger partial charge in [0, 0.05) is 10.9 Å². The predicted molar refractivity (Wildman–Crippen MR) is 68.3 cm³/mol. The van der Waals surface area contributed by atoms with Crippen molar-refractivity contribution in [1.82, 2.24) is 4.98 Å². The minimum atomic E-state index is -0.123. The van der Waals surface area contributed by atoms with Gasteiger partial charge in [0.1, 0.15) is 5.03 Å². The molecule has 0 unspecified atom stereocenters. The molecular weight excluding hydrogens is 240 g/mol. The number of amides is 1. The molecule has 2 rings (SSSR count). The van der Waals surface area contributed by atoms with Crippen molar-refractivity contribution in [1.29, 1.82) is 0 Å². The Bertz CT molecular complexity index is 482. The number of nitrogens with one attached hydrogen (secondary N) is 1. The minimum Gasteiger partial charge on any atom is -0.298 e. The first kappa shape index (κ1) is 11.2. The van der Waals surface area contributed by atoms with Crippen molar-refractivity contribution in [2.24, 2.45) is 0 Å². The molecule has 0 fully saturated rings. The molecule has 0 saturated heterocycles. The quantitative estimate of drug-likeness (QED) is 0.851. The summed E-state index contributed by atoms with van der Waals surface area (Å²) in [6, 6.07) is 9.11. The maximum absolute atomic E-state index is 11.8. The molecule has 1 N–H and O–H groups in total. The maximum Gasteiger partial charge on any atom is 0.257 e. The molecule has 1 heterocycles. The predicted octanol–water partition coefficient (Wildman–Crippen LogP) is 3.12. The number of anilines is 1. The standard InChI is InChI=1S/C11H10N2OS2/c1-15-9-7-16-11(12-9)13-10(14)8-5-3-2-4-6-8/h2-7H,1H3,(H,12,13,14). The number of hydrogen-bond donors (Lipinski definition) is 1. The normalized spacial score (nSPS) is 10.1. The first-order chi connectivity index (χ1) is 7.79. The number of nitrogens with zero attached hydrogens (tertiary/aromatic N) is 1. The van der Waals surface area contributed by atoms with E-state index in [9.17, 15) is 4.79 Å². The SMILES string of the molecule is CSc1csc(NC(=O)c2ccccc2)n1. The third-order valence-electron chi connectivity index (χ3n) is 1.95. The third-order valence-corrected chi connectivity index (χ3v) is 3.48. The van der Waals surface area contributed by atoms with Crippen LogP contribution in [0.3, 0.4) is 0 Å². The van der Waals surface area contributed by atoms with Crippen molar-refractivity contribution in [2.75, 3.05) is 11.6 Å². The second kappa shape index (κ2) is 5.14. The molecule has 1 aromatic heterocycles. The largest absolute Gasteiger partial charge is 0.298 e. The Morgan fingerprint density at radius 3 is 2.75 bits per heavy atom. The van der Waals surface area contributed by atoms with Crippen LogP contribution in [-0.2, 0) is 0 Å². The molecule has 0 spiro atoms. The molecule has 82 valence electrons. The van der Waals surface area contributed by atoms with Crippen LogP contribution in [-0.4, -0.2) is 17.1 Å². The zero-order chi connectivity index (χ0) is 11.4. The Kier molecular flexibility index (Phi) is 3.58. The van der Waals surface area contributed by atoms with E-state index in [0.717, 1.165) is 5.03 Å². The van der Waals surface area contributed by atoms with E-state index in [1.807, 2.05) is 29.8 Å². The zero-order valence-electron chi connectivity index (χ0n) is 8.64. The molecule has 2 aromatic rings. The van der Waals surface area contributed by atoms with E-state index < -0.39 is 0 Å². The fourth-order valence-corrected chi connectivity index (χ4v) is 2.51. The van der Waals surface area contributed by atoms with E-state index in [4.69, 9.17) is 0 Å². The third kappa shape index (κ3) is 2.62. The Balaban J connectivity index is 2.08. The number of aromatic nitrogens is 1. The lowest BCUT2D eigenvalue weighted by molar-refractivity contribution is 0.102. The average molecular weight is 250 g/mol. The van der Waals surface area contributed by atoms with Crippen molar-refractivity contribution in [2.45, 2.75) is 5.03 Å². The van der Waals surface area contributed by atoms with Crippen molar-refractivity contribution in [3.63, 3.8) is 0 Å². The highest BCUT2D eigenvalue weighted by atomic mass is 32.2. The molecule has 0 atom stereocenters. The Morgan fingerprint density at radius 2 is 2.12 bits per heavy atom. The van der Waals surface area contributed by atoms with Gasteiger partial charge in [0.25, 0.3) is 5.91 Å². The summed E-state index contributed by atoms with van der Waals surface area (Å²) in [5.41, 5.74) is 0.642. The van der Waals surface area contributed by atoms with E-state index in [2.05, 4.69) is 10.3 Å². The van der Waals surface area contributed by atoms with Gasteiger partial charge in [-0.25, -0.2) is 4.98 Å². The van der Waals surface area contributed by atoms with Gasteiger partial charge >= 0.3 is 0 Å². The van der Waals surface area contributed by atoms with E-state index >= 15 is 0 Å². The molecule has 0 aliphatic carbocycles. The second-order valence-corrected chi connectivity index (χ2v) is 4.70. The van der Waals surface area contributed by atoms with Crippen LogP contribution in [0.25, 0.3) is 0 Å². The van der Waals surface area contributed by atoms with Crippen molar-refractivity contribution in [3.05, 3.63) is 41.3 Å². The first-order valence-corrected chi connectivity index (χ1v) is 6.76. The second-order valence-electron chi connectivity index (χ2n) is 3.02. The van der Waals surface area contributed by atoms with Gasteiger partial charge in [0.2, 0.25) is 0 Å². The van der Waals surface area contributed by atoms with Gasteiger partial charge in [-0.2, -0.15) is 0 Å². The highest BCUT2D eigenvalue weighted by Crippen LogP contribution is 2.22. The summed E-state index contributed by atoms with van der Waals surface area (Å²) >= 11 is 2.99. The first-order valence-electron chi connectivity index (χ1n) is 4.65. The van der Waals surface area contributed by atoms with Crippen LogP contribution in [0.1, 0.15) is 10.4 Å². The van der Waals surface area contributed by atoms with Crippen LogP contribution in [0.4, 0.5) is 5.13 Å². The molecule has 1 aromatic carbocycles. The number of thiazole rings is 1. The number of carbonyl (C=O) groups is 1. The smallest absolute Gasteiger partial charge is 0.257 e. The molecule has 0 aliphatic heterocycles. The Labute approximate surface area is 102 Å². The minimum absolute atomic E-state index is 0.123. The van der Waals surface area contributed by atoms with E-state index in [1.54, 1.807) is 23.9 Å². The van der Waals surface area contributed by atoms with Crippen molar-refractivity contribution >= 4 is 34.1 Å². The molecule has 5 heteroatoms. The van der Waals surface area contributed by atoms with Gasteiger partial charge in [-0.3, -0.25) is 10.1 Å². The summed E-state index contributed by atoms with van der Waals surface area (Å²) in [7, 11) is 0. The Hall–Kier alpha value is -1.33. The lowest BCUT2D eigenvalue weighted by atomic mass is 10.2. The highest BCUT2D eigenvalue weighted by Gasteiger charge is 2.07. The van der Waals surface area contributed by atoms with E-state index in [1.165, 1.54) is 11.3 Å². The van der Waals surface area contributed by atoms with Gasteiger partial charge in [0.15, 0.2) is 5.13 Å². The molecular formula is C11H10N2OS2. The topological polar surface area (TPSA) is 42.0 Å². The summed E-state index contributed by atoms with van der Waals surface area (Å²) in [4.78, 5) is 16.0. The van der Waals surface area contributed by atoms with Crippen LogP contribution in [0, 0.1) is 0 Å². The highest BCUT2D eigenvalue weighted by molar-refractivity contribution is 7.98. The van der Waals surface area contributed by atoms with E-state index in [0.29, 0.717) is 10.7 Å². The van der Waals surface area contributed by atoms with Crippen molar-refractivity contribution < 1.29 is 4.79 Å². The lowest BCUT2D eigenvalue weighted by Gasteiger charge is -2.00. The monoisotopic (exact) mass is 250 g/mol. The van der Waals surface area contributed by atoms with Gasteiger partial charge in [-0.1, -0.05) is 18.2 Å². The summed E-state index contributed by atoms with van der Waals surface area (Å²) in [5.74, 6) is -0.123. The average Bonchev–Trinajstić information content (AvgIpc) is 2.78. The number of benzene rings is 1. The van der Waals surface area contributed by atoms with Gasteiger partial charge in [0.05, 0.1) is 0 Å². The number of hydrogen-bond acceptors (Lipinski definition) is 4. The van der Waals surface area contributed by atoms with Gasteiger partial charge in [-0.15, -0.1) is 23.1 Å². The number of thioether (sulfide) groups is 1. The zero-order valence-corrected chi connectivity index (χ0v) is 10.3. The summed E-state index contributed by atoms with van der Waals surface area (Å²) in [6.07, 6.45) is 1.96. The summed E-state index contributed by atoms with van der Waals surface area (Å²) in [6.45, 7) is 0. The van der Waals surface area contributed by atoms with Crippen LogP contribution in [0.2, 0.25) is 0 Å².